The molecule has 2 N–H and O–H groups in total. The van der Waals surface area contributed by atoms with E-state index in [4.69, 9.17) is 4.74 Å². The summed E-state index contributed by atoms with van der Waals surface area (Å²) in [6.45, 7) is 7.29. The second-order valence-electron chi connectivity index (χ2n) is 6.73. The van der Waals surface area contributed by atoms with E-state index < -0.39 is 22.4 Å². The van der Waals surface area contributed by atoms with Crippen molar-refractivity contribution in [3.05, 3.63) is 47.7 Å². The van der Waals surface area contributed by atoms with Crippen molar-refractivity contribution in [2.75, 3.05) is 24.4 Å². The van der Waals surface area contributed by atoms with Crippen LogP contribution in [-0.2, 0) is 10.0 Å². The lowest BCUT2D eigenvalue weighted by atomic mass is 10.0. The second kappa shape index (κ2) is 10.5. The largest absolute Gasteiger partial charge is 0.476 e. The number of hydrogen-bond acceptors (Lipinski definition) is 5. The first kappa shape index (κ1) is 23.0. The molecule has 0 aliphatic carbocycles. The van der Waals surface area contributed by atoms with Gasteiger partial charge in [0.15, 0.2) is 0 Å². The van der Waals surface area contributed by atoms with Crippen LogP contribution in [0.25, 0.3) is 0 Å². The molecule has 29 heavy (non-hydrogen) atoms. The number of rotatable bonds is 11. The molecule has 1 aromatic carbocycles. The third kappa shape index (κ3) is 6.64. The fraction of sp³-hybridized carbons (Fsp3) is 0.450. The van der Waals surface area contributed by atoms with Crippen LogP contribution in [-0.4, -0.2) is 39.5 Å². The lowest BCUT2D eigenvalue weighted by molar-refractivity contribution is 0.121. The van der Waals surface area contributed by atoms with Crippen LogP contribution in [0.15, 0.2) is 41.4 Å². The highest BCUT2D eigenvalue weighted by Crippen LogP contribution is 2.25. The molecule has 0 radical (unpaired) electrons. The van der Waals surface area contributed by atoms with E-state index >= 15 is 0 Å². The molecule has 9 heteroatoms. The molecule has 0 saturated carbocycles. The SMILES string of the molecule is CCCNCCOc1cc(C)c(NS(=O)(=O)c2ccc([C@@H](C)C(F)F)cc2)cn1. The number of benzene rings is 1. The fourth-order valence-electron chi connectivity index (χ4n) is 2.55. The number of anilines is 1. The smallest absolute Gasteiger partial charge is 0.261 e. The minimum absolute atomic E-state index is 0.00978. The lowest BCUT2D eigenvalue weighted by Crippen LogP contribution is -2.21. The Kier molecular flexibility index (Phi) is 8.33. The van der Waals surface area contributed by atoms with Gasteiger partial charge in [0, 0.05) is 18.5 Å². The molecule has 0 fully saturated rings. The van der Waals surface area contributed by atoms with Gasteiger partial charge in [-0.05, 0) is 43.1 Å². The molecule has 1 heterocycles. The summed E-state index contributed by atoms with van der Waals surface area (Å²) in [4.78, 5) is 4.12. The molecule has 1 aromatic heterocycles. The number of halogens is 2. The van der Waals surface area contributed by atoms with Crippen molar-refractivity contribution in [3.63, 3.8) is 0 Å². The van der Waals surface area contributed by atoms with E-state index in [1.54, 1.807) is 13.0 Å². The fourth-order valence-corrected chi connectivity index (χ4v) is 3.66. The van der Waals surface area contributed by atoms with Crippen LogP contribution in [0.1, 0.15) is 37.3 Å². The third-order valence-electron chi connectivity index (χ3n) is 4.38. The number of aromatic nitrogens is 1. The van der Waals surface area contributed by atoms with E-state index in [0.717, 1.165) is 13.0 Å². The van der Waals surface area contributed by atoms with E-state index in [9.17, 15) is 17.2 Å². The van der Waals surface area contributed by atoms with Crippen LogP contribution < -0.4 is 14.8 Å². The van der Waals surface area contributed by atoms with E-state index in [0.29, 0.717) is 35.8 Å². The zero-order valence-corrected chi connectivity index (χ0v) is 17.6. The average Bonchev–Trinajstić information content (AvgIpc) is 2.69. The first-order valence-electron chi connectivity index (χ1n) is 9.45. The van der Waals surface area contributed by atoms with Gasteiger partial charge in [0.05, 0.1) is 16.8 Å². The molecule has 0 aliphatic rings. The third-order valence-corrected chi connectivity index (χ3v) is 5.76. The number of sulfonamides is 1. The van der Waals surface area contributed by atoms with Crippen LogP contribution in [0.4, 0.5) is 14.5 Å². The molecule has 0 unspecified atom stereocenters. The lowest BCUT2D eigenvalue weighted by Gasteiger charge is -2.14. The molecule has 1 atom stereocenters. The summed E-state index contributed by atoms with van der Waals surface area (Å²) in [5.41, 5.74) is 1.36. The topological polar surface area (TPSA) is 80.3 Å². The second-order valence-corrected chi connectivity index (χ2v) is 8.42. The summed E-state index contributed by atoms with van der Waals surface area (Å²) in [6, 6.07) is 7.10. The molecule has 0 spiro atoms. The molecular formula is C20H27F2N3O3S. The van der Waals surface area contributed by atoms with Gasteiger partial charge in [-0.25, -0.2) is 22.2 Å². The van der Waals surface area contributed by atoms with Crippen molar-refractivity contribution in [3.8, 4) is 5.88 Å². The summed E-state index contributed by atoms with van der Waals surface area (Å²) in [5, 5.41) is 3.21. The van der Waals surface area contributed by atoms with E-state index in [2.05, 4.69) is 21.9 Å². The average molecular weight is 428 g/mol. The summed E-state index contributed by atoms with van der Waals surface area (Å²) in [7, 11) is -3.87. The molecule has 2 rings (SSSR count). The highest BCUT2D eigenvalue weighted by Gasteiger charge is 2.19. The number of hydrogen-bond donors (Lipinski definition) is 2. The monoisotopic (exact) mass is 427 g/mol. The number of ether oxygens (including phenoxy) is 1. The van der Waals surface area contributed by atoms with Crippen LogP contribution in [0.2, 0.25) is 0 Å². The van der Waals surface area contributed by atoms with E-state index in [1.807, 2.05) is 0 Å². The summed E-state index contributed by atoms with van der Waals surface area (Å²) >= 11 is 0. The highest BCUT2D eigenvalue weighted by molar-refractivity contribution is 7.92. The van der Waals surface area contributed by atoms with Crippen LogP contribution in [0.3, 0.4) is 0 Å². The van der Waals surface area contributed by atoms with Crippen LogP contribution >= 0.6 is 0 Å². The van der Waals surface area contributed by atoms with Gasteiger partial charge in [0.1, 0.15) is 6.61 Å². The number of pyridine rings is 1. The Labute approximate surface area is 170 Å². The quantitative estimate of drug-likeness (QED) is 0.531. The predicted molar refractivity (Wildman–Crippen MR) is 109 cm³/mol. The Morgan fingerprint density at radius 2 is 1.86 bits per heavy atom. The van der Waals surface area contributed by atoms with Gasteiger partial charge in [-0.3, -0.25) is 4.72 Å². The number of aryl methyl sites for hydroxylation is 1. The van der Waals surface area contributed by atoms with Crippen molar-refractivity contribution < 1.29 is 21.9 Å². The summed E-state index contributed by atoms with van der Waals surface area (Å²) < 4.78 is 58.8. The van der Waals surface area contributed by atoms with Crippen molar-refractivity contribution in [1.29, 1.82) is 0 Å². The zero-order chi connectivity index (χ0) is 21.4. The van der Waals surface area contributed by atoms with Crippen molar-refractivity contribution in [2.45, 2.75) is 44.4 Å². The zero-order valence-electron chi connectivity index (χ0n) is 16.8. The molecule has 0 amide bonds. The molecular weight excluding hydrogens is 400 g/mol. The summed E-state index contributed by atoms with van der Waals surface area (Å²) in [6.07, 6.45) is -0.0674. The molecule has 0 bridgehead atoms. The van der Waals surface area contributed by atoms with Gasteiger partial charge in [0.2, 0.25) is 12.3 Å². The number of nitrogens with one attached hydrogen (secondary N) is 2. The van der Waals surface area contributed by atoms with Gasteiger partial charge < -0.3 is 10.1 Å². The van der Waals surface area contributed by atoms with Gasteiger partial charge in [-0.1, -0.05) is 26.0 Å². The van der Waals surface area contributed by atoms with Gasteiger partial charge in [-0.2, -0.15) is 0 Å². The van der Waals surface area contributed by atoms with E-state index in [-0.39, 0.29) is 4.90 Å². The highest BCUT2D eigenvalue weighted by atomic mass is 32.2. The molecule has 0 aliphatic heterocycles. The number of alkyl halides is 2. The first-order valence-corrected chi connectivity index (χ1v) is 10.9. The minimum atomic E-state index is -3.87. The first-order chi connectivity index (χ1) is 13.7. The molecule has 2 aromatic rings. The molecule has 0 saturated heterocycles. The Balaban J connectivity index is 2.04. The Hall–Kier alpha value is -2.26. The minimum Gasteiger partial charge on any atom is -0.476 e. The predicted octanol–water partition coefficient (Wildman–Crippen LogP) is 3.94. The Bertz CT molecular complexity index is 890. The normalized spacial score (nSPS) is 12.8. The van der Waals surface area contributed by atoms with Crippen LogP contribution in [0.5, 0.6) is 5.88 Å². The van der Waals surface area contributed by atoms with Crippen molar-refractivity contribution >= 4 is 15.7 Å². The van der Waals surface area contributed by atoms with Crippen molar-refractivity contribution in [1.82, 2.24) is 10.3 Å². The van der Waals surface area contributed by atoms with Gasteiger partial charge in [0.25, 0.3) is 10.0 Å². The number of nitrogens with zero attached hydrogens (tertiary/aromatic N) is 1. The van der Waals surface area contributed by atoms with Crippen molar-refractivity contribution in [2.24, 2.45) is 0 Å². The van der Waals surface area contributed by atoms with Gasteiger partial charge in [-0.15, -0.1) is 0 Å². The maximum Gasteiger partial charge on any atom is 0.261 e. The Morgan fingerprint density at radius 3 is 2.45 bits per heavy atom. The maximum atomic E-state index is 12.8. The van der Waals surface area contributed by atoms with Crippen LogP contribution in [0, 0.1) is 6.92 Å². The summed E-state index contributed by atoms with van der Waals surface area (Å²) in [5.74, 6) is -0.551. The Morgan fingerprint density at radius 1 is 1.17 bits per heavy atom. The van der Waals surface area contributed by atoms with E-state index in [1.165, 1.54) is 37.4 Å². The molecule has 160 valence electrons. The standard InChI is InChI=1S/C20H27F2N3O3S/c1-4-9-23-10-11-28-19-12-14(2)18(13-24-19)25-29(26,27)17-7-5-16(6-8-17)15(3)20(21)22/h5-8,12-13,15,20,23,25H,4,9-11H2,1-3H3/t15-/m1/s1. The van der Waals surface area contributed by atoms with Gasteiger partial charge >= 0.3 is 0 Å². The molecule has 6 nitrogen and oxygen atoms in total. The maximum absolute atomic E-state index is 12.8.